The average molecular weight is 144 g/mol. The van der Waals surface area contributed by atoms with Crippen molar-refractivity contribution in [1.29, 1.82) is 0 Å². The van der Waals surface area contributed by atoms with Crippen molar-refractivity contribution in [3.05, 3.63) is 34.7 Å². The van der Waals surface area contributed by atoms with Gasteiger partial charge in [0.1, 0.15) is 0 Å². The molecule has 2 aromatic rings. The number of imidazole rings is 1. The van der Waals surface area contributed by atoms with Gasteiger partial charge < -0.3 is 9.46 Å². The average Bonchev–Trinajstić information content (AvgIpc) is 2.30. The zero-order valence-corrected chi connectivity index (χ0v) is 5.74. The Bertz CT molecular complexity index is 443. The Balaban J connectivity index is 3.04. The summed E-state index contributed by atoms with van der Waals surface area (Å²) in [6.07, 6.45) is 0. The van der Waals surface area contributed by atoms with E-state index in [1.54, 1.807) is 12.1 Å². The van der Waals surface area contributed by atoms with Crippen molar-refractivity contribution < 1.29 is 0 Å². The molecule has 0 amide bonds. The molecule has 1 heterocycles. The molecule has 0 spiro atoms. The molecule has 1 aromatic heterocycles. The zero-order valence-electron chi connectivity index (χ0n) is 5.74. The molecule has 0 fully saturated rings. The third-order valence-electron chi connectivity index (χ3n) is 1.62. The summed E-state index contributed by atoms with van der Waals surface area (Å²) in [7, 11) is 5.41. The van der Waals surface area contributed by atoms with Crippen molar-refractivity contribution in [2.45, 2.75) is 0 Å². The molecule has 0 aliphatic heterocycles. The van der Waals surface area contributed by atoms with Crippen LogP contribution in [0.3, 0.4) is 0 Å². The van der Waals surface area contributed by atoms with Gasteiger partial charge in [-0.3, -0.25) is 0 Å². The van der Waals surface area contributed by atoms with E-state index in [1.807, 2.05) is 12.1 Å². The van der Waals surface area contributed by atoms with Crippen LogP contribution in [0, 0.1) is 0 Å². The third-order valence-corrected chi connectivity index (χ3v) is 1.62. The molecular formula is C7H5BN2O. The number of fused-ring (bicyclic) bond motifs is 1. The van der Waals surface area contributed by atoms with Gasteiger partial charge in [-0.1, -0.05) is 12.1 Å². The Morgan fingerprint density at radius 2 is 2.09 bits per heavy atom. The first-order valence-corrected chi connectivity index (χ1v) is 3.24. The summed E-state index contributed by atoms with van der Waals surface area (Å²) >= 11 is 0. The van der Waals surface area contributed by atoms with Gasteiger partial charge >= 0.3 is 5.69 Å². The first-order chi connectivity index (χ1) is 5.29. The van der Waals surface area contributed by atoms with Gasteiger partial charge in [0.05, 0.1) is 11.0 Å². The predicted octanol–water partition coefficient (Wildman–Crippen LogP) is 0.261. The Morgan fingerprint density at radius 3 is 2.82 bits per heavy atom. The van der Waals surface area contributed by atoms with Crippen molar-refractivity contribution in [3.8, 4) is 0 Å². The summed E-state index contributed by atoms with van der Waals surface area (Å²) in [6, 6.07) is 7.27. The number of H-pyrrole nitrogens is 1. The van der Waals surface area contributed by atoms with Crippen LogP contribution in [0.2, 0.25) is 0 Å². The molecule has 11 heavy (non-hydrogen) atoms. The summed E-state index contributed by atoms with van der Waals surface area (Å²) in [5.41, 5.74) is 1.20. The summed E-state index contributed by atoms with van der Waals surface area (Å²) in [5.74, 6) is 0. The van der Waals surface area contributed by atoms with Gasteiger partial charge in [0.25, 0.3) is 0 Å². The molecule has 1 N–H and O–H groups in total. The number of nitrogens with zero attached hydrogens (tertiary/aromatic N) is 1. The molecule has 1 aromatic carbocycles. The number of rotatable bonds is 0. The van der Waals surface area contributed by atoms with Gasteiger partial charge in [-0.05, 0) is 12.1 Å². The van der Waals surface area contributed by atoms with E-state index in [4.69, 9.17) is 7.98 Å². The molecule has 0 aliphatic rings. The van der Waals surface area contributed by atoms with E-state index >= 15 is 0 Å². The summed E-state index contributed by atoms with van der Waals surface area (Å²) in [5, 5.41) is 0. The molecule has 2 radical (unpaired) electrons. The van der Waals surface area contributed by atoms with E-state index in [9.17, 15) is 4.79 Å². The number of para-hydroxylation sites is 2. The van der Waals surface area contributed by atoms with E-state index in [2.05, 4.69) is 4.98 Å². The largest absolute Gasteiger partial charge is 0.349 e. The van der Waals surface area contributed by atoms with Gasteiger partial charge in [-0.2, -0.15) is 0 Å². The van der Waals surface area contributed by atoms with Gasteiger partial charge in [-0.25, -0.2) is 4.79 Å². The number of hydrogen-bond donors (Lipinski definition) is 1. The van der Waals surface area contributed by atoms with E-state index in [1.165, 1.54) is 0 Å². The minimum absolute atomic E-state index is 0.286. The fourth-order valence-electron chi connectivity index (χ4n) is 1.07. The van der Waals surface area contributed by atoms with Gasteiger partial charge in [-0.15, -0.1) is 0 Å². The lowest BCUT2D eigenvalue weighted by atomic mass is 10.3. The molecule has 0 saturated heterocycles. The molecule has 4 heteroatoms. The van der Waals surface area contributed by atoms with E-state index < -0.39 is 0 Å². The molecule has 3 nitrogen and oxygen atoms in total. The standard InChI is InChI=1S/C7H5BN2O/c8-10-6-4-2-1-3-5(6)9-7(10)11/h1-4H,(H,9,11). The molecule has 0 unspecified atom stereocenters. The smallest absolute Gasteiger partial charge is 0.313 e. The van der Waals surface area contributed by atoms with Crippen molar-refractivity contribution in [2.75, 3.05) is 0 Å². The van der Waals surface area contributed by atoms with E-state index in [-0.39, 0.29) is 5.69 Å². The normalized spacial score (nSPS) is 10.5. The number of benzene rings is 1. The highest BCUT2D eigenvalue weighted by atomic mass is 16.1. The highest BCUT2D eigenvalue weighted by molar-refractivity contribution is 6.10. The van der Waals surface area contributed by atoms with Crippen molar-refractivity contribution in [1.82, 2.24) is 9.46 Å². The maximum Gasteiger partial charge on any atom is 0.313 e. The summed E-state index contributed by atoms with van der Waals surface area (Å²) in [6.45, 7) is 0. The second kappa shape index (κ2) is 2.02. The fourth-order valence-corrected chi connectivity index (χ4v) is 1.07. The first kappa shape index (κ1) is 6.28. The second-order valence-electron chi connectivity index (χ2n) is 2.32. The number of aromatic nitrogens is 2. The van der Waals surface area contributed by atoms with Crippen LogP contribution in [-0.4, -0.2) is 17.4 Å². The molecule has 0 saturated carbocycles. The maximum absolute atomic E-state index is 10.9. The van der Waals surface area contributed by atoms with E-state index in [0.29, 0.717) is 0 Å². The number of nitrogens with one attached hydrogen (secondary N) is 1. The van der Waals surface area contributed by atoms with Crippen molar-refractivity contribution in [3.63, 3.8) is 0 Å². The third kappa shape index (κ3) is 0.791. The highest BCUT2D eigenvalue weighted by Crippen LogP contribution is 2.05. The first-order valence-electron chi connectivity index (χ1n) is 3.24. The Hall–Kier alpha value is -1.45. The zero-order chi connectivity index (χ0) is 7.84. The van der Waals surface area contributed by atoms with Crippen LogP contribution >= 0.6 is 0 Å². The van der Waals surface area contributed by atoms with Gasteiger partial charge in [0.15, 0.2) is 0 Å². The van der Waals surface area contributed by atoms with Crippen LogP contribution in [0.4, 0.5) is 0 Å². The van der Waals surface area contributed by atoms with Crippen LogP contribution in [0.15, 0.2) is 29.1 Å². The van der Waals surface area contributed by atoms with Crippen LogP contribution in [-0.2, 0) is 0 Å². The topological polar surface area (TPSA) is 37.8 Å². The van der Waals surface area contributed by atoms with Crippen LogP contribution in [0.5, 0.6) is 0 Å². The van der Waals surface area contributed by atoms with Gasteiger partial charge in [0, 0.05) is 0 Å². The Kier molecular flexibility index (Phi) is 1.15. The van der Waals surface area contributed by atoms with Crippen LogP contribution < -0.4 is 5.69 Å². The lowest BCUT2D eigenvalue weighted by Crippen LogP contribution is -2.13. The Morgan fingerprint density at radius 1 is 1.36 bits per heavy atom. The van der Waals surface area contributed by atoms with Crippen LogP contribution in [0.1, 0.15) is 0 Å². The molecule has 0 bridgehead atoms. The predicted molar refractivity (Wildman–Crippen MR) is 43.7 cm³/mol. The molecule has 0 aliphatic carbocycles. The fraction of sp³-hybridized carbons (Fsp3) is 0. The second-order valence-corrected chi connectivity index (χ2v) is 2.32. The lowest BCUT2D eigenvalue weighted by Gasteiger charge is -1.89. The van der Waals surface area contributed by atoms with Crippen molar-refractivity contribution >= 4 is 19.0 Å². The quantitative estimate of drug-likeness (QED) is 0.529. The molecule has 2 rings (SSSR count). The minimum atomic E-state index is -0.286. The van der Waals surface area contributed by atoms with E-state index in [0.717, 1.165) is 15.5 Å². The highest BCUT2D eigenvalue weighted by Gasteiger charge is 1.98. The van der Waals surface area contributed by atoms with Gasteiger partial charge in [0.2, 0.25) is 7.98 Å². The molecular weight excluding hydrogens is 139 g/mol. The molecule has 0 atom stereocenters. The number of aromatic amines is 1. The SMILES string of the molecule is [B]n1c(=O)[nH]c2ccccc21. The van der Waals surface area contributed by atoms with Crippen LogP contribution in [0.25, 0.3) is 11.0 Å². The Labute approximate surface area is 64.1 Å². The molecule has 52 valence electrons. The lowest BCUT2D eigenvalue weighted by molar-refractivity contribution is 1.13. The maximum atomic E-state index is 10.9. The number of hydrogen-bond acceptors (Lipinski definition) is 1. The summed E-state index contributed by atoms with van der Waals surface area (Å²) in [4.78, 5) is 13.5. The minimum Gasteiger partial charge on any atom is -0.349 e. The summed E-state index contributed by atoms with van der Waals surface area (Å²) < 4.78 is 1.09. The monoisotopic (exact) mass is 144 g/mol. The van der Waals surface area contributed by atoms with Crippen molar-refractivity contribution in [2.24, 2.45) is 0 Å².